The number of amides is 2. The van der Waals surface area contributed by atoms with Crippen LogP contribution in [0.4, 0.5) is 11.4 Å². The van der Waals surface area contributed by atoms with Crippen LogP contribution in [0.25, 0.3) is 0 Å². The number of anilines is 2. The third kappa shape index (κ3) is 4.30. The van der Waals surface area contributed by atoms with E-state index < -0.39 is 17.6 Å². The number of para-hydroxylation sites is 5. The number of hydrogen-bond donors (Lipinski definition) is 3. The van der Waals surface area contributed by atoms with E-state index in [1.54, 1.807) is 48.5 Å². The second-order valence-electron chi connectivity index (χ2n) is 6.01. The van der Waals surface area contributed by atoms with Gasteiger partial charge in [-0.05, 0) is 36.4 Å². The van der Waals surface area contributed by atoms with Crippen LogP contribution in [-0.2, 0) is 0 Å². The zero-order chi connectivity index (χ0) is 20.8. The van der Waals surface area contributed by atoms with E-state index >= 15 is 0 Å². The average Bonchev–Trinajstić information content (AvgIpc) is 2.74. The summed E-state index contributed by atoms with van der Waals surface area (Å²) < 4.78 is 10.4. The van der Waals surface area contributed by atoms with Gasteiger partial charge >= 0.3 is 0 Å². The quantitative estimate of drug-likeness (QED) is 0.591. The molecule has 0 saturated heterocycles. The van der Waals surface area contributed by atoms with Crippen molar-refractivity contribution in [1.29, 1.82) is 0 Å². The van der Waals surface area contributed by atoms with Crippen molar-refractivity contribution >= 4 is 23.2 Å². The van der Waals surface area contributed by atoms with Gasteiger partial charge in [0.05, 0.1) is 36.7 Å². The molecule has 0 bridgehead atoms. The Balaban J connectivity index is 1.85. The van der Waals surface area contributed by atoms with Gasteiger partial charge in [-0.25, -0.2) is 0 Å². The van der Waals surface area contributed by atoms with Crippen LogP contribution >= 0.6 is 0 Å². The van der Waals surface area contributed by atoms with E-state index in [0.717, 1.165) is 0 Å². The van der Waals surface area contributed by atoms with Crippen LogP contribution < -0.4 is 20.1 Å². The highest BCUT2D eigenvalue weighted by atomic mass is 16.5. The van der Waals surface area contributed by atoms with Crippen molar-refractivity contribution in [3.8, 4) is 17.2 Å². The Morgan fingerprint density at radius 2 is 1.10 bits per heavy atom. The highest BCUT2D eigenvalue weighted by Gasteiger charge is 2.20. The molecule has 0 saturated carbocycles. The molecule has 0 unspecified atom stereocenters. The van der Waals surface area contributed by atoms with Crippen molar-refractivity contribution in [2.24, 2.45) is 0 Å². The van der Waals surface area contributed by atoms with E-state index in [1.165, 1.54) is 32.4 Å². The molecule has 0 fully saturated rings. The first-order chi connectivity index (χ1) is 14.0. The zero-order valence-electron chi connectivity index (χ0n) is 15.9. The van der Waals surface area contributed by atoms with Gasteiger partial charge in [-0.1, -0.05) is 30.3 Å². The van der Waals surface area contributed by atoms with Crippen molar-refractivity contribution in [2.45, 2.75) is 0 Å². The van der Waals surface area contributed by atoms with Crippen LogP contribution in [0.2, 0.25) is 0 Å². The number of phenols is 1. The lowest BCUT2D eigenvalue weighted by Crippen LogP contribution is -2.16. The predicted molar refractivity (Wildman–Crippen MR) is 110 cm³/mol. The number of ether oxygens (including phenoxy) is 2. The minimum Gasteiger partial charge on any atom is -0.506 e. The molecular formula is C22H20N2O5. The minimum atomic E-state index is -0.570. The first-order valence-corrected chi connectivity index (χ1v) is 8.76. The molecule has 7 heteroatoms. The Morgan fingerprint density at radius 1 is 0.690 bits per heavy atom. The molecule has 0 atom stereocenters. The third-order valence-corrected chi connectivity index (χ3v) is 4.24. The van der Waals surface area contributed by atoms with E-state index in [2.05, 4.69) is 10.6 Å². The lowest BCUT2D eigenvalue weighted by molar-refractivity contribution is 0.102. The molecule has 3 aromatic rings. The zero-order valence-corrected chi connectivity index (χ0v) is 15.9. The Morgan fingerprint density at radius 3 is 1.52 bits per heavy atom. The number of carbonyl (C=O) groups is 2. The van der Waals surface area contributed by atoms with Gasteiger partial charge in [-0.2, -0.15) is 0 Å². The monoisotopic (exact) mass is 392 g/mol. The van der Waals surface area contributed by atoms with Gasteiger partial charge < -0.3 is 25.2 Å². The maximum absolute atomic E-state index is 12.7. The summed E-state index contributed by atoms with van der Waals surface area (Å²) in [7, 11) is 2.98. The molecule has 0 aromatic heterocycles. The van der Waals surface area contributed by atoms with Crippen molar-refractivity contribution < 1.29 is 24.2 Å². The van der Waals surface area contributed by atoms with Crippen LogP contribution in [-0.4, -0.2) is 31.1 Å². The summed E-state index contributed by atoms with van der Waals surface area (Å²) in [6.45, 7) is 0. The van der Waals surface area contributed by atoms with Crippen molar-refractivity contribution in [3.63, 3.8) is 0 Å². The van der Waals surface area contributed by atoms with Crippen molar-refractivity contribution in [2.75, 3.05) is 24.9 Å². The minimum absolute atomic E-state index is 0.0383. The first-order valence-electron chi connectivity index (χ1n) is 8.76. The lowest BCUT2D eigenvalue weighted by atomic mass is 10.1. The van der Waals surface area contributed by atoms with Gasteiger partial charge in [-0.15, -0.1) is 0 Å². The molecule has 3 rings (SSSR count). The molecule has 0 aliphatic heterocycles. The second-order valence-corrected chi connectivity index (χ2v) is 6.01. The smallest absolute Gasteiger partial charge is 0.259 e. The second kappa shape index (κ2) is 8.79. The summed E-state index contributed by atoms with van der Waals surface area (Å²) in [5, 5.41) is 15.9. The Kier molecular flexibility index (Phi) is 5.99. The van der Waals surface area contributed by atoms with Crippen LogP contribution in [0.5, 0.6) is 17.2 Å². The summed E-state index contributed by atoms with van der Waals surface area (Å²) in [6, 6.07) is 18.2. The van der Waals surface area contributed by atoms with Gasteiger partial charge in [0.2, 0.25) is 0 Å². The molecule has 7 nitrogen and oxygen atoms in total. The number of phenolic OH excluding ortho intramolecular Hbond substituents is 1. The normalized spacial score (nSPS) is 10.1. The van der Waals surface area contributed by atoms with Gasteiger partial charge in [0.25, 0.3) is 11.8 Å². The third-order valence-electron chi connectivity index (χ3n) is 4.24. The lowest BCUT2D eigenvalue weighted by Gasteiger charge is -2.13. The van der Waals surface area contributed by atoms with E-state index in [4.69, 9.17) is 9.47 Å². The fourth-order valence-corrected chi connectivity index (χ4v) is 2.79. The van der Waals surface area contributed by atoms with E-state index in [9.17, 15) is 14.7 Å². The molecule has 0 spiro atoms. The average molecular weight is 392 g/mol. The number of nitrogens with one attached hydrogen (secondary N) is 2. The SMILES string of the molecule is COc1ccccc1NC(=O)c1cccc(C(=O)Nc2ccccc2OC)c1O. The highest BCUT2D eigenvalue weighted by molar-refractivity contribution is 6.12. The Hall–Kier alpha value is -4.00. The molecule has 2 amide bonds. The molecule has 3 N–H and O–H groups in total. The van der Waals surface area contributed by atoms with Gasteiger partial charge in [0.15, 0.2) is 0 Å². The number of methoxy groups -OCH3 is 2. The summed E-state index contributed by atoms with van der Waals surface area (Å²) in [6.07, 6.45) is 0. The number of hydrogen-bond acceptors (Lipinski definition) is 5. The summed E-state index contributed by atoms with van der Waals surface area (Å²) in [4.78, 5) is 25.3. The topological polar surface area (TPSA) is 96.9 Å². The molecule has 148 valence electrons. The summed E-state index contributed by atoms with van der Waals surface area (Å²) in [5.74, 6) is -0.610. The molecule has 3 aromatic carbocycles. The van der Waals surface area contributed by atoms with Crippen LogP contribution in [0.15, 0.2) is 66.7 Å². The maximum atomic E-state index is 12.7. The van der Waals surface area contributed by atoms with Crippen LogP contribution in [0.1, 0.15) is 20.7 Å². The number of rotatable bonds is 6. The standard InChI is InChI=1S/C22H20N2O5/c1-28-18-12-5-3-10-16(18)23-21(26)14-8-7-9-15(20(14)25)22(27)24-17-11-4-6-13-19(17)29-2/h3-13,25H,1-2H3,(H,23,26)(H,24,27). The number of carbonyl (C=O) groups excluding carboxylic acids is 2. The molecule has 29 heavy (non-hydrogen) atoms. The van der Waals surface area contributed by atoms with E-state index in [1.807, 2.05) is 0 Å². The highest BCUT2D eigenvalue weighted by Crippen LogP contribution is 2.29. The number of aromatic hydroxyl groups is 1. The maximum Gasteiger partial charge on any atom is 0.259 e. The van der Waals surface area contributed by atoms with Gasteiger partial charge in [-0.3, -0.25) is 9.59 Å². The molecule has 0 aliphatic carbocycles. The molecule has 0 heterocycles. The fourth-order valence-electron chi connectivity index (χ4n) is 2.79. The Bertz CT molecular complexity index is 969. The van der Waals surface area contributed by atoms with E-state index in [0.29, 0.717) is 22.9 Å². The Labute approximate surface area is 167 Å². The number of benzene rings is 3. The van der Waals surface area contributed by atoms with Crippen molar-refractivity contribution in [3.05, 3.63) is 77.9 Å². The first kappa shape index (κ1) is 19.8. The fraction of sp³-hybridized carbons (Fsp3) is 0.0909. The van der Waals surface area contributed by atoms with Crippen LogP contribution in [0.3, 0.4) is 0 Å². The summed E-state index contributed by atoms with van der Waals surface area (Å²) >= 11 is 0. The summed E-state index contributed by atoms with van der Waals surface area (Å²) in [5.41, 5.74) is 0.818. The molecular weight excluding hydrogens is 372 g/mol. The largest absolute Gasteiger partial charge is 0.506 e. The molecule has 0 aliphatic rings. The van der Waals surface area contributed by atoms with Crippen LogP contribution in [0, 0.1) is 0 Å². The molecule has 0 radical (unpaired) electrons. The van der Waals surface area contributed by atoms with Gasteiger partial charge in [0, 0.05) is 0 Å². The predicted octanol–water partition coefficient (Wildman–Crippen LogP) is 3.91. The van der Waals surface area contributed by atoms with Gasteiger partial charge in [0.1, 0.15) is 17.2 Å². The van der Waals surface area contributed by atoms with Crippen molar-refractivity contribution in [1.82, 2.24) is 0 Å². The van der Waals surface area contributed by atoms with E-state index in [-0.39, 0.29) is 11.1 Å².